The second-order valence-electron chi connectivity index (χ2n) is 6.80. The molecule has 0 aromatic rings. The third kappa shape index (κ3) is 2.72. The van der Waals surface area contributed by atoms with Gasteiger partial charge in [-0.05, 0) is 5.41 Å². The third-order valence-corrected chi connectivity index (χ3v) is 4.13. The molecule has 0 aromatic carbocycles. The summed E-state index contributed by atoms with van der Waals surface area (Å²) < 4.78 is 0. The molecule has 0 rings (SSSR count). The lowest BCUT2D eigenvalue weighted by Gasteiger charge is -2.40. The zero-order valence-electron chi connectivity index (χ0n) is 11.9. The number of carbonyl (C=O) groups excluding carboxylic acids is 2. The van der Waals surface area contributed by atoms with Crippen molar-refractivity contribution in [1.29, 1.82) is 0 Å². The highest BCUT2D eigenvalue weighted by molar-refractivity contribution is 5.90. The molecular weight excluding hydrogens is 200 g/mol. The number of carbonyl (C=O) groups is 1. The van der Waals surface area contributed by atoms with E-state index in [9.17, 15) is 9.59 Å². The fourth-order valence-electron chi connectivity index (χ4n) is 1.37. The van der Waals surface area contributed by atoms with Gasteiger partial charge in [-0.2, -0.15) is 0 Å². The molecule has 93 valence electrons. The third-order valence-electron chi connectivity index (χ3n) is 4.13. The Morgan fingerprint density at radius 1 is 1.00 bits per heavy atom. The van der Waals surface area contributed by atoms with Crippen molar-refractivity contribution in [3.8, 4) is 0 Å². The Bertz CT molecular complexity index is 280. The van der Waals surface area contributed by atoms with Gasteiger partial charge in [-0.15, -0.1) is 0 Å². The first-order chi connectivity index (χ1) is 6.88. The van der Waals surface area contributed by atoms with Crippen LogP contribution in [-0.4, -0.2) is 12.1 Å². The van der Waals surface area contributed by atoms with Crippen LogP contribution in [0, 0.1) is 22.2 Å². The van der Waals surface area contributed by atoms with Gasteiger partial charge in [0.05, 0.1) is 0 Å². The van der Waals surface area contributed by atoms with Gasteiger partial charge in [0.1, 0.15) is 5.78 Å². The van der Waals surface area contributed by atoms with Crippen molar-refractivity contribution in [2.75, 3.05) is 0 Å². The van der Waals surface area contributed by atoms with E-state index >= 15 is 0 Å². The van der Waals surface area contributed by atoms with Crippen molar-refractivity contribution in [3.63, 3.8) is 0 Å². The molecule has 16 heavy (non-hydrogen) atoms. The average Bonchev–Trinajstić information content (AvgIpc) is 2.13. The maximum atomic E-state index is 12.4. The number of ketones is 1. The van der Waals surface area contributed by atoms with Gasteiger partial charge in [0.15, 0.2) is 0 Å². The van der Waals surface area contributed by atoms with Gasteiger partial charge in [-0.25, -0.2) is 0 Å². The summed E-state index contributed by atoms with van der Waals surface area (Å²) in [6, 6.07) is 0. The van der Waals surface area contributed by atoms with Crippen LogP contribution in [0.4, 0.5) is 0 Å². The van der Waals surface area contributed by atoms with Crippen LogP contribution < -0.4 is 0 Å². The Hall–Kier alpha value is -0.660. The van der Waals surface area contributed by atoms with Crippen molar-refractivity contribution < 1.29 is 9.59 Å². The van der Waals surface area contributed by atoms with E-state index in [0.29, 0.717) is 0 Å². The molecule has 0 aromatic heterocycles. The Morgan fingerprint density at radius 2 is 1.38 bits per heavy atom. The molecule has 0 amide bonds. The van der Waals surface area contributed by atoms with Gasteiger partial charge >= 0.3 is 0 Å². The minimum absolute atomic E-state index is 0.0740. The highest BCUT2D eigenvalue weighted by Crippen LogP contribution is 2.42. The maximum Gasteiger partial charge on any atom is 0.205 e. The normalized spacial score (nSPS) is 15.8. The lowest BCUT2D eigenvalue weighted by Crippen LogP contribution is -2.45. The molecule has 0 aliphatic rings. The predicted molar refractivity (Wildman–Crippen MR) is 66.9 cm³/mol. The summed E-state index contributed by atoms with van der Waals surface area (Å²) in [7, 11) is 0. The summed E-state index contributed by atoms with van der Waals surface area (Å²) in [4.78, 5) is 23.4. The molecule has 1 radical (unpaired) electrons. The Balaban J connectivity index is 5.21. The summed E-state index contributed by atoms with van der Waals surface area (Å²) in [6.45, 7) is 15.3. The topological polar surface area (TPSA) is 34.1 Å². The maximum absolute atomic E-state index is 12.4. The van der Waals surface area contributed by atoms with Crippen LogP contribution in [0.5, 0.6) is 0 Å². The first-order valence-corrected chi connectivity index (χ1v) is 5.81. The molecule has 1 atom stereocenters. The Morgan fingerprint density at radius 3 is 1.62 bits per heavy atom. The van der Waals surface area contributed by atoms with Crippen LogP contribution in [0.25, 0.3) is 0 Å². The molecule has 0 saturated heterocycles. The van der Waals surface area contributed by atoms with E-state index in [4.69, 9.17) is 0 Å². The summed E-state index contributed by atoms with van der Waals surface area (Å²) >= 11 is 0. The number of Topliss-reactive ketones (excluding diaryl/α,β-unsaturated/α-hetero) is 1. The van der Waals surface area contributed by atoms with Gasteiger partial charge in [-0.3, -0.25) is 9.59 Å². The standard InChI is InChI=1S/C14H25O2/c1-10(12(2,3)4)11(16)14(7,8)13(5,6)9-15/h10H,1-8H3. The van der Waals surface area contributed by atoms with Crippen LogP contribution in [0.2, 0.25) is 0 Å². The van der Waals surface area contributed by atoms with Gasteiger partial charge in [0.2, 0.25) is 6.29 Å². The first-order valence-electron chi connectivity index (χ1n) is 5.81. The van der Waals surface area contributed by atoms with Crippen molar-refractivity contribution >= 4 is 12.1 Å². The van der Waals surface area contributed by atoms with E-state index < -0.39 is 10.8 Å². The smallest absolute Gasteiger partial charge is 0.205 e. The zero-order valence-corrected chi connectivity index (χ0v) is 11.9. The Labute approximate surface area is 99.8 Å². The molecule has 0 fully saturated rings. The summed E-state index contributed by atoms with van der Waals surface area (Å²) in [6.07, 6.45) is 2.00. The van der Waals surface area contributed by atoms with E-state index in [-0.39, 0.29) is 17.1 Å². The van der Waals surface area contributed by atoms with E-state index in [2.05, 4.69) is 0 Å². The molecule has 0 saturated carbocycles. The van der Waals surface area contributed by atoms with E-state index in [0.717, 1.165) is 0 Å². The molecule has 0 aliphatic heterocycles. The second-order valence-corrected chi connectivity index (χ2v) is 6.80. The highest BCUT2D eigenvalue weighted by Gasteiger charge is 2.47. The van der Waals surface area contributed by atoms with Crippen LogP contribution in [0.1, 0.15) is 55.4 Å². The monoisotopic (exact) mass is 225 g/mol. The predicted octanol–water partition coefficient (Wildman–Crippen LogP) is 3.40. The van der Waals surface area contributed by atoms with Gasteiger partial charge in [0, 0.05) is 16.7 Å². The average molecular weight is 225 g/mol. The fourth-order valence-corrected chi connectivity index (χ4v) is 1.37. The van der Waals surface area contributed by atoms with Crippen LogP contribution >= 0.6 is 0 Å². The van der Waals surface area contributed by atoms with Crippen molar-refractivity contribution in [3.05, 3.63) is 0 Å². The molecule has 0 spiro atoms. The van der Waals surface area contributed by atoms with Gasteiger partial charge in [0.25, 0.3) is 0 Å². The Kier molecular flexibility index (Phi) is 4.13. The number of rotatable bonds is 4. The minimum atomic E-state index is -0.746. The van der Waals surface area contributed by atoms with Crippen molar-refractivity contribution in [2.24, 2.45) is 22.2 Å². The summed E-state index contributed by atoms with van der Waals surface area (Å²) in [5.74, 6) is 0.0588. The fraction of sp³-hybridized carbons (Fsp3) is 0.857. The summed E-state index contributed by atoms with van der Waals surface area (Å²) in [5, 5.41) is 0. The van der Waals surface area contributed by atoms with Gasteiger partial charge in [-0.1, -0.05) is 55.4 Å². The lowest BCUT2D eigenvalue weighted by molar-refractivity contribution is -0.137. The largest absolute Gasteiger partial charge is 0.299 e. The zero-order chi connectivity index (χ0) is 13.4. The van der Waals surface area contributed by atoms with Gasteiger partial charge < -0.3 is 0 Å². The molecule has 0 bridgehead atoms. The van der Waals surface area contributed by atoms with E-state index in [1.165, 1.54) is 0 Å². The number of hydrogen-bond acceptors (Lipinski definition) is 2. The molecule has 2 heteroatoms. The highest BCUT2D eigenvalue weighted by atomic mass is 16.1. The molecule has 0 aliphatic carbocycles. The molecule has 2 nitrogen and oxygen atoms in total. The van der Waals surface area contributed by atoms with E-state index in [1.54, 1.807) is 13.8 Å². The summed E-state index contributed by atoms with van der Waals surface area (Å²) in [5.41, 5.74) is -1.50. The second kappa shape index (κ2) is 4.31. The number of hydrogen-bond donors (Lipinski definition) is 0. The first kappa shape index (κ1) is 15.3. The van der Waals surface area contributed by atoms with Crippen molar-refractivity contribution in [2.45, 2.75) is 55.4 Å². The lowest BCUT2D eigenvalue weighted by atomic mass is 9.61. The quantitative estimate of drug-likeness (QED) is 0.735. The molecule has 0 N–H and O–H groups in total. The SMILES string of the molecule is CC(C(=O)C(C)(C)C(C)(C)[C]=O)C(C)(C)C. The minimum Gasteiger partial charge on any atom is -0.299 e. The van der Waals surface area contributed by atoms with Crippen LogP contribution in [-0.2, 0) is 9.59 Å². The van der Waals surface area contributed by atoms with E-state index in [1.807, 2.05) is 47.8 Å². The van der Waals surface area contributed by atoms with Crippen molar-refractivity contribution in [1.82, 2.24) is 0 Å². The molecular formula is C14H25O2. The van der Waals surface area contributed by atoms with Crippen LogP contribution in [0.3, 0.4) is 0 Å². The molecule has 0 heterocycles. The van der Waals surface area contributed by atoms with Crippen LogP contribution in [0.15, 0.2) is 0 Å². The molecule has 1 unspecified atom stereocenters.